The molecule has 0 aromatic heterocycles. The average molecular weight is 601 g/mol. The third-order valence-electron chi connectivity index (χ3n) is 8.19. The van der Waals surface area contributed by atoms with Gasteiger partial charge in [-0.25, -0.2) is 0 Å². The van der Waals surface area contributed by atoms with Crippen molar-refractivity contribution < 1.29 is 58.6 Å². The fourth-order valence-electron chi connectivity index (χ4n) is 5.94. The van der Waals surface area contributed by atoms with Crippen LogP contribution in [-0.2, 0) is 30.2 Å². The van der Waals surface area contributed by atoms with Crippen LogP contribution < -0.4 is 16.2 Å². The highest BCUT2D eigenvalue weighted by Crippen LogP contribution is 2.52. The van der Waals surface area contributed by atoms with Crippen LogP contribution in [0.15, 0.2) is 18.2 Å². The summed E-state index contributed by atoms with van der Waals surface area (Å²) < 4.78 is 21.9. The van der Waals surface area contributed by atoms with E-state index < -0.39 is 108 Å². The first-order chi connectivity index (χ1) is 20.3. The predicted octanol–water partition coefficient (Wildman–Crippen LogP) is -0.489. The van der Waals surface area contributed by atoms with Gasteiger partial charge in [0.1, 0.15) is 22.8 Å². The van der Waals surface area contributed by atoms with E-state index in [9.17, 15) is 39.6 Å². The first kappa shape index (κ1) is 30.5. The van der Waals surface area contributed by atoms with Crippen molar-refractivity contribution in [2.45, 2.75) is 62.4 Å². The Bertz CT molecular complexity index is 1510. The molecule has 14 nitrogen and oxygen atoms in total. The Kier molecular flexibility index (Phi) is 8.02. The van der Waals surface area contributed by atoms with Crippen LogP contribution in [0.1, 0.15) is 68.8 Å². The summed E-state index contributed by atoms with van der Waals surface area (Å²) in [6.07, 6.45) is -5.44. The number of nitrogens with two attached hydrogens (primary N) is 2. The monoisotopic (exact) mass is 600 g/mol. The number of rotatable bonds is 7. The van der Waals surface area contributed by atoms with Crippen molar-refractivity contribution >= 4 is 23.3 Å². The molecule has 1 fully saturated rings. The predicted molar refractivity (Wildman–Crippen MR) is 145 cm³/mol. The van der Waals surface area contributed by atoms with Gasteiger partial charge in [-0.2, -0.15) is 0 Å². The van der Waals surface area contributed by atoms with E-state index in [1.165, 1.54) is 25.3 Å². The second-order valence-electron chi connectivity index (χ2n) is 10.9. The molecule has 0 saturated carbocycles. The highest BCUT2D eigenvalue weighted by molar-refractivity contribution is 6.31. The number of aliphatic hydroxyl groups is 2. The molecule has 2 aliphatic carbocycles. The number of aliphatic hydroxyl groups excluding tert-OH is 1. The molecule has 3 aliphatic rings. The van der Waals surface area contributed by atoms with Gasteiger partial charge in [-0.15, -0.1) is 0 Å². The SMILES string of the molecule is COc1cccc2c1C(=O)c1c(O)c3c(c(O)c1C2=O)C[C@@](O)(C(=O)COC(=O)CN)C[C@@H]3OC1CC(N)C(O)C(C)O1. The molecule has 2 aromatic rings. The Balaban J connectivity index is 1.64. The molecule has 6 atom stereocenters. The number of hydrogen-bond acceptors (Lipinski definition) is 14. The molecule has 8 N–H and O–H groups in total. The minimum Gasteiger partial charge on any atom is -0.507 e. The number of methoxy groups -OCH3 is 1. The van der Waals surface area contributed by atoms with Crippen molar-refractivity contribution in [2.75, 3.05) is 20.3 Å². The average Bonchev–Trinajstić information content (AvgIpc) is 2.98. The second kappa shape index (κ2) is 11.3. The summed E-state index contributed by atoms with van der Waals surface area (Å²) in [7, 11) is 1.31. The van der Waals surface area contributed by atoms with E-state index in [1.807, 2.05) is 0 Å². The number of phenols is 2. The molecule has 0 spiro atoms. The normalized spacial score (nSPS) is 28.0. The maximum atomic E-state index is 13.7. The summed E-state index contributed by atoms with van der Waals surface area (Å²) in [6, 6.07) is 3.56. The largest absolute Gasteiger partial charge is 0.507 e. The minimum atomic E-state index is -2.32. The summed E-state index contributed by atoms with van der Waals surface area (Å²) in [5.41, 5.74) is 7.37. The molecule has 14 heteroatoms. The van der Waals surface area contributed by atoms with Gasteiger partial charge in [-0.1, -0.05) is 12.1 Å². The van der Waals surface area contributed by atoms with Gasteiger partial charge in [0.2, 0.25) is 11.6 Å². The van der Waals surface area contributed by atoms with E-state index in [0.29, 0.717) is 0 Å². The molecular weight excluding hydrogens is 568 g/mol. The lowest BCUT2D eigenvalue weighted by Crippen LogP contribution is -2.53. The van der Waals surface area contributed by atoms with Gasteiger partial charge in [0.15, 0.2) is 18.7 Å². The summed E-state index contributed by atoms with van der Waals surface area (Å²) >= 11 is 0. The van der Waals surface area contributed by atoms with E-state index >= 15 is 0 Å². The second-order valence-corrected chi connectivity index (χ2v) is 10.9. The van der Waals surface area contributed by atoms with Crippen LogP contribution in [0.4, 0.5) is 0 Å². The number of phenolic OH excluding ortho intramolecular Hbond substituents is 2. The highest BCUT2D eigenvalue weighted by Gasteiger charge is 2.50. The van der Waals surface area contributed by atoms with E-state index in [2.05, 4.69) is 0 Å². The van der Waals surface area contributed by atoms with Crippen molar-refractivity contribution in [3.63, 3.8) is 0 Å². The van der Waals surface area contributed by atoms with E-state index in [-0.39, 0.29) is 34.4 Å². The van der Waals surface area contributed by atoms with Gasteiger partial charge < -0.3 is 50.8 Å². The fourth-order valence-corrected chi connectivity index (χ4v) is 5.94. The number of Topliss-reactive ketones (excluding diaryl/α,β-unsaturated/α-hetero) is 1. The molecule has 230 valence electrons. The zero-order valence-corrected chi connectivity index (χ0v) is 23.4. The number of ketones is 3. The molecule has 0 amide bonds. The standard InChI is InChI=1S/C29H32N2O12/c1-11-24(34)14(31)6-19(42-11)43-16-8-29(39,17(32)10-41-18(33)9-30)7-13-21(16)28(38)23-22(26(13)36)25(35)12-4-3-5-15(40-2)20(12)27(23)37/h3-5,11,14,16,19,24,34,36,38-39H,6-10,30-31H2,1-2H3/t11?,14?,16-,19?,24?,29-/m0/s1. The first-order valence-corrected chi connectivity index (χ1v) is 13.6. The summed E-state index contributed by atoms with van der Waals surface area (Å²) in [6.45, 7) is 0.201. The lowest BCUT2D eigenvalue weighted by Gasteiger charge is -2.42. The van der Waals surface area contributed by atoms with Crippen molar-refractivity contribution in [3.8, 4) is 17.2 Å². The molecule has 43 heavy (non-hydrogen) atoms. The molecule has 5 rings (SSSR count). The topological polar surface area (TPSA) is 238 Å². The number of fused-ring (bicyclic) bond motifs is 3. The quantitative estimate of drug-likeness (QED) is 0.148. The van der Waals surface area contributed by atoms with Gasteiger partial charge in [0.25, 0.3) is 0 Å². The van der Waals surface area contributed by atoms with Crippen molar-refractivity contribution in [3.05, 3.63) is 51.6 Å². The van der Waals surface area contributed by atoms with Crippen LogP contribution in [0.3, 0.4) is 0 Å². The number of hydrogen-bond donors (Lipinski definition) is 6. The Morgan fingerprint density at radius 1 is 1.12 bits per heavy atom. The highest BCUT2D eigenvalue weighted by atomic mass is 16.7. The zero-order chi connectivity index (χ0) is 31.4. The molecule has 0 radical (unpaired) electrons. The molecule has 1 aliphatic heterocycles. The molecule has 0 bridgehead atoms. The Morgan fingerprint density at radius 3 is 2.47 bits per heavy atom. The summed E-state index contributed by atoms with van der Waals surface area (Å²) in [5, 5.41) is 44.8. The summed E-state index contributed by atoms with van der Waals surface area (Å²) in [4.78, 5) is 52.1. The molecular formula is C29H32N2O12. The number of benzene rings is 2. The molecule has 1 saturated heterocycles. The van der Waals surface area contributed by atoms with Crippen LogP contribution >= 0.6 is 0 Å². The van der Waals surface area contributed by atoms with E-state index in [1.54, 1.807) is 6.92 Å². The third kappa shape index (κ3) is 5.05. The lowest BCUT2D eigenvalue weighted by molar-refractivity contribution is -0.247. The number of aromatic hydroxyl groups is 2. The number of ether oxygens (including phenoxy) is 4. The van der Waals surface area contributed by atoms with Crippen molar-refractivity contribution in [1.82, 2.24) is 0 Å². The van der Waals surface area contributed by atoms with Gasteiger partial charge >= 0.3 is 5.97 Å². The van der Waals surface area contributed by atoms with Crippen LogP contribution in [0.2, 0.25) is 0 Å². The third-order valence-corrected chi connectivity index (χ3v) is 8.19. The van der Waals surface area contributed by atoms with E-state index in [4.69, 9.17) is 30.4 Å². The van der Waals surface area contributed by atoms with Crippen LogP contribution in [0, 0.1) is 0 Å². The number of carbonyl (C=O) groups is 4. The van der Waals surface area contributed by atoms with Gasteiger partial charge in [-0.3, -0.25) is 19.2 Å². The molecule has 2 aromatic carbocycles. The smallest absolute Gasteiger partial charge is 0.320 e. The van der Waals surface area contributed by atoms with Crippen LogP contribution in [-0.4, -0.2) is 94.1 Å². The number of esters is 1. The van der Waals surface area contributed by atoms with Gasteiger partial charge in [-0.05, 0) is 13.0 Å². The minimum absolute atomic E-state index is 0.0164. The van der Waals surface area contributed by atoms with Crippen molar-refractivity contribution in [1.29, 1.82) is 0 Å². The zero-order valence-electron chi connectivity index (χ0n) is 23.4. The Labute approximate surface area is 245 Å². The maximum Gasteiger partial charge on any atom is 0.320 e. The van der Waals surface area contributed by atoms with Crippen molar-refractivity contribution in [2.24, 2.45) is 11.5 Å². The Morgan fingerprint density at radius 2 is 1.81 bits per heavy atom. The van der Waals surface area contributed by atoms with Gasteiger partial charge in [0.05, 0.1) is 48.7 Å². The molecule has 4 unspecified atom stereocenters. The fraction of sp³-hybridized carbons (Fsp3) is 0.448. The first-order valence-electron chi connectivity index (χ1n) is 13.6. The summed E-state index contributed by atoms with van der Waals surface area (Å²) in [5.74, 6) is -4.81. The van der Waals surface area contributed by atoms with Gasteiger partial charge in [0, 0.05) is 42.0 Å². The number of carbonyl (C=O) groups excluding carboxylic acids is 4. The van der Waals surface area contributed by atoms with Crippen LogP contribution in [0.25, 0.3) is 0 Å². The van der Waals surface area contributed by atoms with E-state index in [0.717, 1.165) is 0 Å². The lowest BCUT2D eigenvalue weighted by atomic mass is 9.72. The van der Waals surface area contributed by atoms with Crippen LogP contribution in [0.5, 0.6) is 17.2 Å². The maximum absolute atomic E-state index is 13.7. The molecule has 1 heterocycles. The Hall–Kier alpha value is -3.92.